The van der Waals surface area contributed by atoms with Crippen LogP contribution in [-0.2, 0) is 6.54 Å². The molecule has 1 N–H and O–H groups in total. The molecule has 0 radical (unpaired) electrons. The van der Waals surface area contributed by atoms with Gasteiger partial charge in [0, 0.05) is 27.6 Å². The van der Waals surface area contributed by atoms with E-state index in [4.69, 9.17) is 0 Å². The Morgan fingerprint density at radius 1 is 1.40 bits per heavy atom. The van der Waals surface area contributed by atoms with Gasteiger partial charge in [0.05, 0.1) is 6.10 Å². The fourth-order valence-corrected chi connectivity index (χ4v) is 2.30. The molecule has 2 rings (SSSR count). The summed E-state index contributed by atoms with van der Waals surface area (Å²) in [5.41, 5.74) is 2.15. The van der Waals surface area contributed by atoms with Crippen LogP contribution in [0, 0.1) is 0 Å². The molecule has 1 heterocycles. The Hall–Kier alpha value is -0.800. The molecule has 3 heteroatoms. The maximum absolute atomic E-state index is 9.67. The highest BCUT2D eigenvalue weighted by molar-refractivity contribution is 9.10. The van der Waals surface area contributed by atoms with E-state index in [-0.39, 0.29) is 0 Å². The molecule has 0 amide bonds. The topological polar surface area (TPSA) is 25.2 Å². The number of rotatable bonds is 2. The van der Waals surface area contributed by atoms with Crippen molar-refractivity contribution in [1.82, 2.24) is 4.57 Å². The highest BCUT2D eigenvalue weighted by Gasteiger charge is 2.11. The Morgan fingerprint density at radius 3 is 2.73 bits per heavy atom. The third-order valence-corrected chi connectivity index (χ3v) is 3.14. The molecule has 80 valence electrons. The second kappa shape index (κ2) is 3.99. The number of aliphatic hydroxyl groups is 1. The molecule has 0 aliphatic rings. The minimum atomic E-state index is -0.420. The maximum Gasteiger partial charge on any atom is 0.0912 e. The number of nitrogens with zero attached hydrogens (tertiary/aromatic N) is 1. The van der Waals surface area contributed by atoms with E-state index >= 15 is 0 Å². The minimum absolute atomic E-state index is 0.420. The SMILES string of the molecule is CCn1c(C(C)O)cc2ccc(Br)cc21. The van der Waals surface area contributed by atoms with E-state index in [2.05, 4.69) is 45.6 Å². The second-order valence-corrected chi connectivity index (χ2v) is 4.61. The molecule has 0 saturated heterocycles. The van der Waals surface area contributed by atoms with Gasteiger partial charge in [0.2, 0.25) is 0 Å². The van der Waals surface area contributed by atoms with Gasteiger partial charge in [-0.05, 0) is 32.0 Å². The molecule has 0 fully saturated rings. The summed E-state index contributed by atoms with van der Waals surface area (Å²) in [6.07, 6.45) is -0.420. The van der Waals surface area contributed by atoms with Gasteiger partial charge in [0.25, 0.3) is 0 Å². The smallest absolute Gasteiger partial charge is 0.0912 e. The molecule has 1 aromatic heterocycles. The number of aryl methyl sites for hydroxylation is 1. The molecule has 0 saturated carbocycles. The summed E-state index contributed by atoms with van der Waals surface area (Å²) in [5, 5.41) is 10.9. The number of hydrogen-bond acceptors (Lipinski definition) is 1. The molecule has 2 aromatic rings. The van der Waals surface area contributed by atoms with Gasteiger partial charge >= 0.3 is 0 Å². The van der Waals surface area contributed by atoms with Gasteiger partial charge in [-0.2, -0.15) is 0 Å². The summed E-state index contributed by atoms with van der Waals surface area (Å²) in [5.74, 6) is 0. The van der Waals surface area contributed by atoms with E-state index in [1.807, 2.05) is 6.07 Å². The lowest BCUT2D eigenvalue weighted by atomic mass is 10.2. The molecule has 0 bridgehead atoms. The summed E-state index contributed by atoms with van der Waals surface area (Å²) >= 11 is 3.47. The minimum Gasteiger partial charge on any atom is -0.387 e. The van der Waals surface area contributed by atoms with Gasteiger partial charge in [-0.25, -0.2) is 0 Å². The van der Waals surface area contributed by atoms with E-state index in [0.29, 0.717) is 0 Å². The van der Waals surface area contributed by atoms with Crippen molar-refractivity contribution in [2.24, 2.45) is 0 Å². The van der Waals surface area contributed by atoms with Crippen molar-refractivity contribution in [1.29, 1.82) is 0 Å². The van der Waals surface area contributed by atoms with E-state index < -0.39 is 6.10 Å². The lowest BCUT2D eigenvalue weighted by molar-refractivity contribution is 0.190. The van der Waals surface area contributed by atoms with E-state index in [9.17, 15) is 5.11 Å². The zero-order chi connectivity index (χ0) is 11.0. The van der Waals surface area contributed by atoms with Gasteiger partial charge in [-0.1, -0.05) is 22.0 Å². The average Bonchev–Trinajstić information content (AvgIpc) is 2.55. The number of aromatic nitrogens is 1. The van der Waals surface area contributed by atoms with Crippen molar-refractivity contribution in [3.63, 3.8) is 0 Å². The summed E-state index contributed by atoms with van der Waals surface area (Å²) in [4.78, 5) is 0. The van der Waals surface area contributed by atoms with Gasteiger partial charge in [-0.3, -0.25) is 0 Å². The number of hydrogen-bond donors (Lipinski definition) is 1. The lowest BCUT2D eigenvalue weighted by Gasteiger charge is -2.09. The van der Waals surface area contributed by atoms with Crippen LogP contribution < -0.4 is 0 Å². The molecule has 15 heavy (non-hydrogen) atoms. The van der Waals surface area contributed by atoms with Crippen LogP contribution in [-0.4, -0.2) is 9.67 Å². The predicted octanol–water partition coefficient (Wildman–Crippen LogP) is 3.48. The van der Waals surface area contributed by atoms with Crippen molar-refractivity contribution in [3.05, 3.63) is 34.4 Å². The fourth-order valence-electron chi connectivity index (χ4n) is 1.95. The van der Waals surface area contributed by atoms with Crippen molar-refractivity contribution in [2.75, 3.05) is 0 Å². The van der Waals surface area contributed by atoms with Gasteiger partial charge in [0.1, 0.15) is 0 Å². The highest BCUT2D eigenvalue weighted by atomic mass is 79.9. The monoisotopic (exact) mass is 267 g/mol. The second-order valence-electron chi connectivity index (χ2n) is 3.69. The summed E-state index contributed by atoms with van der Waals surface area (Å²) in [6, 6.07) is 8.23. The Morgan fingerprint density at radius 2 is 2.13 bits per heavy atom. The molecule has 0 spiro atoms. The Bertz CT molecular complexity index is 488. The van der Waals surface area contributed by atoms with Crippen LogP contribution in [0.15, 0.2) is 28.7 Å². The molecule has 1 atom stereocenters. The summed E-state index contributed by atoms with van der Waals surface area (Å²) in [7, 11) is 0. The summed E-state index contributed by atoms with van der Waals surface area (Å²) < 4.78 is 3.21. The first-order chi connectivity index (χ1) is 7.13. The predicted molar refractivity (Wildman–Crippen MR) is 65.9 cm³/mol. The third kappa shape index (κ3) is 1.82. The Kier molecular flexibility index (Phi) is 2.85. The first kappa shape index (κ1) is 10.7. The van der Waals surface area contributed by atoms with Crippen molar-refractivity contribution < 1.29 is 5.11 Å². The van der Waals surface area contributed by atoms with Crippen LogP contribution in [0.5, 0.6) is 0 Å². The molecule has 1 aromatic carbocycles. The first-order valence-corrected chi connectivity index (χ1v) is 5.89. The number of aliphatic hydroxyl groups excluding tert-OH is 1. The summed E-state index contributed by atoms with van der Waals surface area (Å²) in [6.45, 7) is 4.77. The van der Waals surface area contributed by atoms with E-state index in [1.54, 1.807) is 6.92 Å². The first-order valence-electron chi connectivity index (χ1n) is 5.10. The van der Waals surface area contributed by atoms with Crippen molar-refractivity contribution in [2.45, 2.75) is 26.5 Å². The molecule has 0 aliphatic carbocycles. The number of halogens is 1. The highest BCUT2D eigenvalue weighted by Crippen LogP contribution is 2.26. The van der Waals surface area contributed by atoms with Gasteiger partial charge < -0.3 is 9.67 Å². The quantitative estimate of drug-likeness (QED) is 0.886. The van der Waals surface area contributed by atoms with E-state index in [1.165, 1.54) is 10.9 Å². The number of fused-ring (bicyclic) bond motifs is 1. The molecule has 2 nitrogen and oxygen atoms in total. The maximum atomic E-state index is 9.67. The molecular formula is C12H14BrNO. The largest absolute Gasteiger partial charge is 0.387 e. The van der Waals surface area contributed by atoms with Crippen LogP contribution >= 0.6 is 15.9 Å². The molecule has 0 aliphatic heterocycles. The van der Waals surface area contributed by atoms with Crippen molar-refractivity contribution >= 4 is 26.8 Å². The standard InChI is InChI=1S/C12H14BrNO/c1-3-14-11(8(2)15)6-9-4-5-10(13)7-12(9)14/h4-8,15H,3H2,1-2H3. The fraction of sp³-hybridized carbons (Fsp3) is 0.333. The van der Waals surface area contributed by atoms with Crippen LogP contribution in [0.3, 0.4) is 0 Å². The average molecular weight is 268 g/mol. The zero-order valence-corrected chi connectivity index (χ0v) is 10.5. The van der Waals surface area contributed by atoms with Crippen LogP contribution in [0.1, 0.15) is 25.6 Å². The van der Waals surface area contributed by atoms with E-state index in [0.717, 1.165) is 16.7 Å². The van der Waals surface area contributed by atoms with Gasteiger partial charge in [-0.15, -0.1) is 0 Å². The molecular weight excluding hydrogens is 254 g/mol. The van der Waals surface area contributed by atoms with Crippen LogP contribution in [0.2, 0.25) is 0 Å². The zero-order valence-electron chi connectivity index (χ0n) is 8.87. The van der Waals surface area contributed by atoms with Crippen LogP contribution in [0.25, 0.3) is 10.9 Å². The van der Waals surface area contributed by atoms with Crippen LogP contribution in [0.4, 0.5) is 0 Å². The van der Waals surface area contributed by atoms with Gasteiger partial charge in [0.15, 0.2) is 0 Å². The van der Waals surface area contributed by atoms with Crippen molar-refractivity contribution in [3.8, 4) is 0 Å². The Labute approximate surface area is 97.7 Å². The Balaban J connectivity index is 2.74. The molecule has 1 unspecified atom stereocenters. The normalized spacial score (nSPS) is 13.3. The third-order valence-electron chi connectivity index (χ3n) is 2.64. The lowest BCUT2D eigenvalue weighted by Crippen LogP contribution is -2.03. The number of benzene rings is 1.